The molecule has 0 heterocycles. The molecule has 382 valence electrons. The van der Waals surface area contributed by atoms with Gasteiger partial charge >= 0.3 is 19.8 Å². The van der Waals surface area contributed by atoms with Crippen LogP contribution >= 0.6 is 7.82 Å². The van der Waals surface area contributed by atoms with Crippen molar-refractivity contribution in [1.29, 1.82) is 0 Å². The van der Waals surface area contributed by atoms with E-state index in [1.54, 1.807) is 0 Å². The first-order chi connectivity index (χ1) is 32.5. The fraction of sp³-hybridized carbons (Fsp3) is 0.649. The molecule has 0 aliphatic carbocycles. The van der Waals surface area contributed by atoms with Gasteiger partial charge < -0.3 is 18.9 Å². The first kappa shape index (κ1) is 63.7. The number of unbranched alkanes of at least 4 members (excludes halogenated alkanes) is 14. The number of nitrogens with zero attached hydrogens (tertiary/aromatic N) is 1. The van der Waals surface area contributed by atoms with Gasteiger partial charge in [0.1, 0.15) is 19.8 Å². The average molecular weight is 955 g/mol. The van der Waals surface area contributed by atoms with Crippen molar-refractivity contribution in [2.45, 2.75) is 193 Å². The molecule has 9 nitrogen and oxygen atoms in total. The van der Waals surface area contributed by atoms with Crippen LogP contribution in [0.1, 0.15) is 187 Å². The predicted molar refractivity (Wildman–Crippen MR) is 284 cm³/mol. The summed E-state index contributed by atoms with van der Waals surface area (Å²) in [6.07, 6.45) is 66.0. The number of hydrogen-bond donors (Lipinski definition) is 1. The maximum Gasteiger partial charge on any atom is 0.472 e. The van der Waals surface area contributed by atoms with Crippen molar-refractivity contribution in [3.63, 3.8) is 0 Å². The summed E-state index contributed by atoms with van der Waals surface area (Å²) in [4.78, 5) is 35.3. The van der Waals surface area contributed by atoms with Gasteiger partial charge in [-0.2, -0.15) is 0 Å². The highest BCUT2D eigenvalue weighted by molar-refractivity contribution is 7.47. The highest BCUT2D eigenvalue weighted by Crippen LogP contribution is 2.43. The van der Waals surface area contributed by atoms with Gasteiger partial charge in [0, 0.05) is 12.8 Å². The minimum atomic E-state index is -4.38. The van der Waals surface area contributed by atoms with Crippen molar-refractivity contribution < 1.29 is 42.1 Å². The molecule has 0 bridgehead atoms. The highest BCUT2D eigenvalue weighted by atomic mass is 31.2. The van der Waals surface area contributed by atoms with Crippen LogP contribution in [0.25, 0.3) is 0 Å². The molecule has 2 atom stereocenters. The van der Waals surface area contributed by atoms with Crippen LogP contribution in [0.15, 0.2) is 109 Å². The van der Waals surface area contributed by atoms with Crippen molar-refractivity contribution >= 4 is 19.8 Å². The van der Waals surface area contributed by atoms with Crippen molar-refractivity contribution in [3.8, 4) is 0 Å². The van der Waals surface area contributed by atoms with Crippen molar-refractivity contribution in [2.24, 2.45) is 0 Å². The first-order valence-electron chi connectivity index (χ1n) is 26.1. The summed E-state index contributed by atoms with van der Waals surface area (Å²) in [6, 6.07) is 0. The molecule has 0 rings (SSSR count). The quantitative estimate of drug-likeness (QED) is 0.0211. The highest BCUT2D eigenvalue weighted by Gasteiger charge is 2.27. The number of esters is 2. The van der Waals surface area contributed by atoms with E-state index in [-0.39, 0.29) is 32.0 Å². The van der Waals surface area contributed by atoms with Gasteiger partial charge in [0.2, 0.25) is 0 Å². The number of ether oxygens (including phenoxy) is 2. The second-order valence-corrected chi connectivity index (χ2v) is 19.6. The van der Waals surface area contributed by atoms with Crippen LogP contribution in [0.3, 0.4) is 0 Å². The molecule has 0 saturated heterocycles. The van der Waals surface area contributed by atoms with E-state index in [0.717, 1.165) is 103 Å². The molecule has 0 aliphatic rings. The van der Waals surface area contributed by atoms with Crippen LogP contribution in [0.2, 0.25) is 0 Å². The predicted octanol–water partition coefficient (Wildman–Crippen LogP) is 15.9. The maximum atomic E-state index is 12.7. The first-order valence-corrected chi connectivity index (χ1v) is 27.6. The number of allylic oxidation sites excluding steroid dienone is 18. The Bertz CT molecular complexity index is 1500. The van der Waals surface area contributed by atoms with Gasteiger partial charge in [-0.1, -0.05) is 200 Å². The lowest BCUT2D eigenvalue weighted by molar-refractivity contribution is -0.870. The fourth-order valence-electron chi connectivity index (χ4n) is 6.53. The molecule has 0 spiro atoms. The van der Waals surface area contributed by atoms with Gasteiger partial charge in [-0.25, -0.2) is 4.57 Å². The van der Waals surface area contributed by atoms with Gasteiger partial charge in [-0.05, 0) is 83.5 Å². The zero-order valence-electron chi connectivity index (χ0n) is 43.1. The van der Waals surface area contributed by atoms with Crippen LogP contribution < -0.4 is 0 Å². The maximum absolute atomic E-state index is 12.7. The number of quaternary nitrogens is 1. The number of hydrogen-bond acceptors (Lipinski definition) is 7. The standard InChI is InChI=1S/C57H96NO8P/c1-6-8-10-12-14-16-17-18-19-20-21-22-23-24-25-26-27-28-29-30-31-32-33-34-35-36-37-38-39-40-41-42-44-46-48-50-57(60)66-55(54-65-67(61,62)64-52-51-58(3,4)5)53-63-56(59)49-47-45-43-15-13-11-9-7-2/h8,10,14,16,18-19,21-22,24-25,27-28,30-31,33-34,36-37,55H,6-7,9,11-13,15,17,20,23,26,29,32,35,38-54H2,1-5H3/p+1/b10-8-,16-14-,19-18-,22-21-,25-24-,28-27-,31-30-,34-33-,37-36-. The van der Waals surface area contributed by atoms with Crippen molar-refractivity contribution in [2.75, 3.05) is 47.5 Å². The van der Waals surface area contributed by atoms with E-state index in [9.17, 15) is 19.0 Å². The van der Waals surface area contributed by atoms with E-state index in [2.05, 4.69) is 123 Å². The molecule has 1 N–H and O–H groups in total. The lowest BCUT2D eigenvalue weighted by Crippen LogP contribution is -2.37. The zero-order valence-corrected chi connectivity index (χ0v) is 44.0. The molecule has 0 aromatic heterocycles. The Kier molecular flexibility index (Phi) is 45.4. The molecule has 10 heteroatoms. The van der Waals surface area contributed by atoms with Gasteiger partial charge in [0.25, 0.3) is 0 Å². The third-order valence-electron chi connectivity index (χ3n) is 10.6. The van der Waals surface area contributed by atoms with E-state index in [4.69, 9.17) is 18.5 Å². The van der Waals surface area contributed by atoms with Crippen LogP contribution in [0, 0.1) is 0 Å². The molecule has 2 unspecified atom stereocenters. The number of rotatable bonds is 46. The Balaban J connectivity index is 4.12. The summed E-state index contributed by atoms with van der Waals surface area (Å²) < 4.78 is 34.3. The molecular weight excluding hydrogens is 858 g/mol. The lowest BCUT2D eigenvalue weighted by atomic mass is 10.1. The Hall–Kier alpha value is -3.33. The smallest absolute Gasteiger partial charge is 0.462 e. The summed E-state index contributed by atoms with van der Waals surface area (Å²) in [5.41, 5.74) is 0. The second-order valence-electron chi connectivity index (χ2n) is 18.2. The third-order valence-corrected chi connectivity index (χ3v) is 11.6. The van der Waals surface area contributed by atoms with E-state index in [0.29, 0.717) is 17.4 Å². The summed E-state index contributed by atoms with van der Waals surface area (Å²) in [7, 11) is 1.45. The van der Waals surface area contributed by atoms with E-state index in [1.807, 2.05) is 21.1 Å². The van der Waals surface area contributed by atoms with Crippen LogP contribution in [-0.2, 0) is 32.7 Å². The molecule has 0 saturated carbocycles. The molecule has 0 fully saturated rings. The minimum absolute atomic E-state index is 0.0248. The topological polar surface area (TPSA) is 108 Å². The SMILES string of the molecule is CC/C=C\C/C=C\C/C=C\C/C=C\C/C=C\C/C=C\C/C=C\C/C=C\C/C=C\CCCCCCCCCC(=O)OC(COC(=O)CCCCCCCCCC)COP(=O)(O)OCC[N+](C)(C)C. The minimum Gasteiger partial charge on any atom is -0.462 e. The average Bonchev–Trinajstić information content (AvgIpc) is 3.29. The second kappa shape index (κ2) is 47.7. The molecule has 0 aromatic rings. The number of phosphoric ester groups is 1. The van der Waals surface area contributed by atoms with E-state index in [1.165, 1.54) is 51.4 Å². The summed E-state index contributed by atoms with van der Waals surface area (Å²) in [5.74, 6) is -0.823. The Morgan fingerprint density at radius 3 is 1.27 bits per heavy atom. The van der Waals surface area contributed by atoms with Gasteiger partial charge in [-0.15, -0.1) is 0 Å². The Morgan fingerprint density at radius 1 is 0.478 bits per heavy atom. The summed E-state index contributed by atoms with van der Waals surface area (Å²) in [5, 5.41) is 0. The van der Waals surface area contributed by atoms with Crippen molar-refractivity contribution in [3.05, 3.63) is 109 Å². The van der Waals surface area contributed by atoms with Crippen molar-refractivity contribution in [1.82, 2.24) is 0 Å². The largest absolute Gasteiger partial charge is 0.472 e. The van der Waals surface area contributed by atoms with Gasteiger partial charge in [0.15, 0.2) is 6.10 Å². The third kappa shape index (κ3) is 51.9. The molecule has 0 aromatic carbocycles. The molecule has 67 heavy (non-hydrogen) atoms. The van der Waals surface area contributed by atoms with E-state index < -0.39 is 26.5 Å². The molecule has 0 radical (unpaired) electrons. The normalized spacial score (nSPS) is 14.3. The van der Waals surface area contributed by atoms with Gasteiger partial charge in [0.05, 0.1) is 27.7 Å². The summed E-state index contributed by atoms with van der Waals surface area (Å²) >= 11 is 0. The summed E-state index contributed by atoms with van der Waals surface area (Å²) in [6.45, 7) is 4.24. The molecule has 0 amide bonds. The fourth-order valence-corrected chi connectivity index (χ4v) is 7.28. The van der Waals surface area contributed by atoms with E-state index >= 15 is 0 Å². The van der Waals surface area contributed by atoms with Gasteiger partial charge in [-0.3, -0.25) is 18.6 Å². The van der Waals surface area contributed by atoms with Crippen LogP contribution in [0.4, 0.5) is 0 Å². The van der Waals surface area contributed by atoms with Crippen LogP contribution in [-0.4, -0.2) is 74.9 Å². The number of carbonyl (C=O) groups is 2. The lowest BCUT2D eigenvalue weighted by Gasteiger charge is -2.24. The number of likely N-dealkylation sites (N-methyl/N-ethyl adjacent to an activating group) is 1. The molecular formula is C57H97NO8P+. The Morgan fingerprint density at radius 2 is 0.851 bits per heavy atom. The molecule has 0 aliphatic heterocycles. The Labute approximate surface area is 410 Å². The monoisotopic (exact) mass is 955 g/mol. The van der Waals surface area contributed by atoms with Crippen LogP contribution in [0.5, 0.6) is 0 Å². The zero-order chi connectivity index (χ0) is 49.2. The number of carbonyl (C=O) groups excluding carboxylic acids is 2. The number of phosphoric acid groups is 1.